The van der Waals surface area contributed by atoms with Crippen molar-refractivity contribution in [3.05, 3.63) is 47.9 Å². The van der Waals surface area contributed by atoms with E-state index in [2.05, 4.69) is 15.3 Å². The van der Waals surface area contributed by atoms with Gasteiger partial charge < -0.3 is 11.1 Å². The molecular weight excluding hydrogens is 212 g/mol. The largest absolute Gasteiger partial charge is 0.396 e. The molecule has 2 rings (SSSR count). The third-order valence-corrected chi connectivity index (χ3v) is 2.61. The van der Waals surface area contributed by atoms with Gasteiger partial charge in [0.05, 0.1) is 5.69 Å². The molecule has 4 heteroatoms. The van der Waals surface area contributed by atoms with Crippen molar-refractivity contribution in [1.29, 1.82) is 0 Å². The van der Waals surface area contributed by atoms with Crippen molar-refractivity contribution in [3.8, 4) is 0 Å². The summed E-state index contributed by atoms with van der Waals surface area (Å²) in [5.41, 5.74) is 8.74. The summed E-state index contributed by atoms with van der Waals surface area (Å²) in [4.78, 5) is 8.47. The van der Waals surface area contributed by atoms with Gasteiger partial charge in [-0.25, -0.2) is 4.98 Å². The maximum Gasteiger partial charge on any atom is 0.149 e. The summed E-state index contributed by atoms with van der Waals surface area (Å²) in [6, 6.07) is 7.81. The summed E-state index contributed by atoms with van der Waals surface area (Å²) in [5.74, 6) is 0.751. The third-order valence-electron chi connectivity index (χ3n) is 2.61. The lowest BCUT2D eigenvalue weighted by atomic mass is 10.2. The first-order valence-corrected chi connectivity index (χ1v) is 5.62. The lowest BCUT2D eigenvalue weighted by Crippen LogP contribution is -2.09. The Hall–Kier alpha value is -2.10. The fraction of sp³-hybridized carbons (Fsp3) is 0.231. The zero-order valence-corrected chi connectivity index (χ0v) is 9.85. The number of nitrogens with zero attached hydrogens (tertiary/aromatic N) is 2. The number of hydrogen-bond acceptors (Lipinski definition) is 4. The molecule has 2 aromatic rings. The van der Waals surface area contributed by atoms with E-state index in [1.54, 1.807) is 12.4 Å². The van der Waals surface area contributed by atoms with Crippen LogP contribution in [0.15, 0.2) is 36.7 Å². The second-order valence-electron chi connectivity index (χ2n) is 3.89. The summed E-state index contributed by atoms with van der Waals surface area (Å²) < 4.78 is 0. The van der Waals surface area contributed by atoms with Crippen molar-refractivity contribution in [1.82, 2.24) is 9.97 Å². The molecule has 0 saturated carbocycles. The van der Waals surface area contributed by atoms with Crippen molar-refractivity contribution in [2.75, 3.05) is 17.6 Å². The van der Waals surface area contributed by atoms with E-state index in [0.29, 0.717) is 5.69 Å². The standard InChI is InChI=1S/C13H16N4/c1-10-5-8-16-13(12(10)14)17-9-6-11-4-2-3-7-15-11/h2-5,7-8H,6,9,14H2,1H3,(H,16,17). The minimum atomic E-state index is 0.716. The number of anilines is 2. The van der Waals surface area contributed by atoms with Crippen molar-refractivity contribution < 1.29 is 0 Å². The Kier molecular flexibility index (Phi) is 3.55. The van der Waals surface area contributed by atoms with Crippen LogP contribution in [-0.2, 0) is 6.42 Å². The molecule has 2 heterocycles. The number of nitrogens with two attached hydrogens (primary N) is 1. The molecule has 0 unspecified atom stereocenters. The minimum absolute atomic E-state index is 0.716. The molecule has 0 saturated heterocycles. The van der Waals surface area contributed by atoms with E-state index < -0.39 is 0 Å². The van der Waals surface area contributed by atoms with Crippen LogP contribution in [0.5, 0.6) is 0 Å². The molecule has 3 N–H and O–H groups in total. The van der Waals surface area contributed by atoms with Gasteiger partial charge in [0, 0.05) is 31.1 Å². The molecule has 0 aliphatic heterocycles. The molecule has 0 bridgehead atoms. The van der Waals surface area contributed by atoms with Crippen LogP contribution in [0.1, 0.15) is 11.3 Å². The van der Waals surface area contributed by atoms with Crippen LogP contribution < -0.4 is 11.1 Å². The third kappa shape index (κ3) is 2.93. The van der Waals surface area contributed by atoms with E-state index in [1.165, 1.54) is 0 Å². The Bertz CT molecular complexity index is 482. The van der Waals surface area contributed by atoms with Gasteiger partial charge in [-0.05, 0) is 30.7 Å². The zero-order valence-electron chi connectivity index (χ0n) is 9.85. The van der Waals surface area contributed by atoms with Gasteiger partial charge in [-0.1, -0.05) is 6.07 Å². The fourth-order valence-electron chi connectivity index (χ4n) is 1.57. The van der Waals surface area contributed by atoms with Gasteiger partial charge in [0.2, 0.25) is 0 Å². The zero-order chi connectivity index (χ0) is 12.1. The molecule has 88 valence electrons. The second kappa shape index (κ2) is 5.30. The number of nitrogens with one attached hydrogen (secondary N) is 1. The highest BCUT2D eigenvalue weighted by molar-refractivity contribution is 5.64. The van der Waals surface area contributed by atoms with E-state index in [0.717, 1.165) is 30.0 Å². The topological polar surface area (TPSA) is 63.8 Å². The molecule has 0 radical (unpaired) electrons. The van der Waals surface area contributed by atoms with Crippen molar-refractivity contribution in [2.24, 2.45) is 0 Å². The lowest BCUT2D eigenvalue weighted by Gasteiger charge is -2.09. The van der Waals surface area contributed by atoms with E-state index in [1.807, 2.05) is 31.2 Å². The highest BCUT2D eigenvalue weighted by Crippen LogP contribution is 2.18. The molecule has 0 atom stereocenters. The predicted octanol–water partition coefficient (Wildman–Crippen LogP) is 2.02. The Morgan fingerprint density at radius 3 is 2.82 bits per heavy atom. The number of aryl methyl sites for hydroxylation is 1. The van der Waals surface area contributed by atoms with E-state index in [9.17, 15) is 0 Å². The molecular formula is C13H16N4. The smallest absolute Gasteiger partial charge is 0.149 e. The van der Waals surface area contributed by atoms with Gasteiger partial charge in [-0.15, -0.1) is 0 Å². The van der Waals surface area contributed by atoms with Gasteiger partial charge in [0.15, 0.2) is 0 Å². The Labute approximate surface area is 101 Å². The van der Waals surface area contributed by atoms with Crippen LogP contribution in [0.25, 0.3) is 0 Å². The minimum Gasteiger partial charge on any atom is -0.396 e. The van der Waals surface area contributed by atoms with Crippen LogP contribution in [0.2, 0.25) is 0 Å². The van der Waals surface area contributed by atoms with Gasteiger partial charge in [-0.2, -0.15) is 0 Å². The number of aromatic nitrogens is 2. The first-order valence-electron chi connectivity index (χ1n) is 5.62. The summed E-state index contributed by atoms with van der Waals surface area (Å²) >= 11 is 0. The Morgan fingerprint density at radius 1 is 1.18 bits per heavy atom. The first-order chi connectivity index (χ1) is 8.27. The number of rotatable bonds is 4. The van der Waals surface area contributed by atoms with E-state index >= 15 is 0 Å². The lowest BCUT2D eigenvalue weighted by molar-refractivity contribution is 0.954. The van der Waals surface area contributed by atoms with Crippen LogP contribution in [0.3, 0.4) is 0 Å². The Balaban J connectivity index is 1.93. The number of pyridine rings is 2. The van der Waals surface area contributed by atoms with Gasteiger partial charge in [0.1, 0.15) is 5.82 Å². The van der Waals surface area contributed by atoms with Gasteiger partial charge in [-0.3, -0.25) is 4.98 Å². The first kappa shape index (κ1) is 11.4. The quantitative estimate of drug-likeness (QED) is 0.840. The molecule has 0 spiro atoms. The van der Waals surface area contributed by atoms with Gasteiger partial charge in [0.25, 0.3) is 0 Å². The van der Waals surface area contributed by atoms with Crippen LogP contribution in [-0.4, -0.2) is 16.5 Å². The predicted molar refractivity (Wildman–Crippen MR) is 69.8 cm³/mol. The summed E-state index contributed by atoms with van der Waals surface area (Å²) in [7, 11) is 0. The van der Waals surface area contributed by atoms with Gasteiger partial charge >= 0.3 is 0 Å². The molecule has 0 fully saturated rings. The average molecular weight is 228 g/mol. The fourth-order valence-corrected chi connectivity index (χ4v) is 1.57. The number of nitrogen functional groups attached to an aromatic ring is 1. The van der Waals surface area contributed by atoms with Crippen molar-refractivity contribution in [2.45, 2.75) is 13.3 Å². The van der Waals surface area contributed by atoms with Crippen molar-refractivity contribution in [3.63, 3.8) is 0 Å². The molecule has 2 aromatic heterocycles. The summed E-state index contributed by atoms with van der Waals surface area (Å²) in [5, 5.41) is 3.23. The summed E-state index contributed by atoms with van der Waals surface area (Å²) in [6.45, 7) is 2.75. The molecule has 0 amide bonds. The second-order valence-corrected chi connectivity index (χ2v) is 3.89. The highest BCUT2D eigenvalue weighted by Gasteiger charge is 2.02. The maximum absolute atomic E-state index is 5.92. The van der Waals surface area contributed by atoms with E-state index in [4.69, 9.17) is 5.73 Å². The monoisotopic (exact) mass is 228 g/mol. The average Bonchev–Trinajstić information content (AvgIpc) is 2.36. The SMILES string of the molecule is Cc1ccnc(NCCc2ccccn2)c1N. The van der Waals surface area contributed by atoms with Crippen LogP contribution >= 0.6 is 0 Å². The van der Waals surface area contributed by atoms with Crippen LogP contribution in [0.4, 0.5) is 11.5 Å². The molecule has 0 aliphatic rings. The highest BCUT2D eigenvalue weighted by atomic mass is 15.0. The normalized spacial score (nSPS) is 10.2. The van der Waals surface area contributed by atoms with Crippen LogP contribution in [0, 0.1) is 6.92 Å². The van der Waals surface area contributed by atoms with E-state index in [-0.39, 0.29) is 0 Å². The molecule has 0 aromatic carbocycles. The molecule has 0 aliphatic carbocycles. The molecule has 17 heavy (non-hydrogen) atoms. The Morgan fingerprint density at radius 2 is 2.06 bits per heavy atom. The maximum atomic E-state index is 5.92. The summed E-state index contributed by atoms with van der Waals surface area (Å²) in [6.07, 6.45) is 4.42. The number of hydrogen-bond donors (Lipinski definition) is 2. The van der Waals surface area contributed by atoms with Crippen molar-refractivity contribution >= 4 is 11.5 Å². The molecule has 4 nitrogen and oxygen atoms in total.